The smallest absolute Gasteiger partial charge is 0.133 e. The lowest BCUT2D eigenvalue weighted by Crippen LogP contribution is -2.58. The van der Waals surface area contributed by atoms with Gasteiger partial charge in [-0.25, -0.2) is 0 Å². The first kappa shape index (κ1) is 29.2. The monoisotopic (exact) mass is 425 g/mol. The van der Waals surface area contributed by atoms with Crippen LogP contribution in [0.1, 0.15) is 151 Å². The van der Waals surface area contributed by atoms with Crippen LogP contribution in [0, 0.1) is 0 Å². The van der Waals surface area contributed by atoms with E-state index in [-0.39, 0.29) is 0 Å². The van der Waals surface area contributed by atoms with E-state index in [0.29, 0.717) is 0 Å². The highest BCUT2D eigenvalue weighted by atomic mass is 28.3. The van der Waals surface area contributed by atoms with Crippen LogP contribution in [0.3, 0.4) is 0 Å². The molecule has 0 heterocycles. The number of hydrogen-bond donors (Lipinski definition) is 1. The van der Waals surface area contributed by atoms with Gasteiger partial charge in [-0.15, -0.1) is 0 Å². The van der Waals surface area contributed by atoms with E-state index in [1.165, 1.54) is 109 Å². The van der Waals surface area contributed by atoms with E-state index in [0.717, 1.165) is 16.6 Å². The number of rotatable bonds is 21. The first-order chi connectivity index (χ1) is 13.9. The maximum atomic E-state index is 4.12. The Morgan fingerprint density at radius 3 is 1.00 bits per heavy atom. The summed E-state index contributed by atoms with van der Waals surface area (Å²) in [4.78, 5) is 4.12. The molecule has 0 unspecified atom stereocenters. The van der Waals surface area contributed by atoms with E-state index in [2.05, 4.69) is 53.4 Å². The van der Waals surface area contributed by atoms with Crippen LogP contribution in [0.4, 0.5) is 0 Å². The first-order valence-electron chi connectivity index (χ1n) is 13.6. The molecule has 176 valence electrons. The molecule has 0 spiro atoms. The van der Waals surface area contributed by atoms with Crippen LogP contribution in [-0.2, 0) is 0 Å². The number of nitrogens with one attached hydrogen (secondary N) is 1. The molecule has 0 aromatic carbocycles. The van der Waals surface area contributed by atoms with E-state index in [4.69, 9.17) is 0 Å². The molecule has 0 aliphatic carbocycles. The SMILES string of the molecule is CCCCCCCCCCCCCCCCCCN[Si](C(C)C)(C(C)C)C(C)C. The van der Waals surface area contributed by atoms with Gasteiger partial charge in [0.15, 0.2) is 0 Å². The molecule has 0 rings (SSSR count). The van der Waals surface area contributed by atoms with Crippen molar-refractivity contribution >= 4 is 8.24 Å². The predicted octanol–water partition coefficient (Wildman–Crippen LogP) is 10.0. The molecule has 1 N–H and O–H groups in total. The van der Waals surface area contributed by atoms with E-state index in [9.17, 15) is 0 Å². The molecule has 29 heavy (non-hydrogen) atoms. The van der Waals surface area contributed by atoms with Crippen molar-refractivity contribution in [1.29, 1.82) is 0 Å². The van der Waals surface area contributed by atoms with Crippen molar-refractivity contribution < 1.29 is 0 Å². The largest absolute Gasteiger partial charge is 0.336 e. The fourth-order valence-corrected chi connectivity index (χ4v) is 11.4. The Hall–Kier alpha value is 0.177. The van der Waals surface area contributed by atoms with E-state index in [1.54, 1.807) is 0 Å². The zero-order valence-electron chi connectivity index (χ0n) is 21.8. The minimum absolute atomic E-state index is 0.823. The average Bonchev–Trinajstić information content (AvgIpc) is 2.66. The molecule has 0 aromatic heterocycles. The molecule has 0 bridgehead atoms. The van der Waals surface area contributed by atoms with Gasteiger partial charge in [0.2, 0.25) is 0 Å². The summed E-state index contributed by atoms with van der Waals surface area (Å²) in [5.74, 6) is 0. The van der Waals surface area contributed by atoms with Crippen molar-refractivity contribution in [3.8, 4) is 0 Å². The van der Waals surface area contributed by atoms with Crippen molar-refractivity contribution in [3.05, 3.63) is 0 Å². The Morgan fingerprint density at radius 2 is 0.724 bits per heavy atom. The third kappa shape index (κ3) is 13.2. The van der Waals surface area contributed by atoms with Crippen LogP contribution in [0.2, 0.25) is 16.6 Å². The summed E-state index contributed by atoms with van der Waals surface area (Å²) in [7, 11) is -1.39. The molecule has 0 aromatic rings. The quantitative estimate of drug-likeness (QED) is 0.142. The van der Waals surface area contributed by atoms with Crippen molar-refractivity contribution in [2.24, 2.45) is 0 Å². The van der Waals surface area contributed by atoms with Gasteiger partial charge in [0.1, 0.15) is 8.24 Å². The fourth-order valence-electron chi connectivity index (χ4n) is 5.59. The average molecular weight is 426 g/mol. The maximum Gasteiger partial charge on any atom is 0.133 e. The molecule has 0 saturated heterocycles. The third-order valence-electron chi connectivity index (χ3n) is 7.33. The van der Waals surface area contributed by atoms with Crippen LogP contribution < -0.4 is 4.98 Å². The highest BCUT2D eigenvalue weighted by molar-refractivity contribution is 6.81. The van der Waals surface area contributed by atoms with Gasteiger partial charge in [-0.2, -0.15) is 0 Å². The molecule has 0 fully saturated rings. The van der Waals surface area contributed by atoms with Crippen LogP contribution in [0.15, 0.2) is 0 Å². The number of unbranched alkanes of at least 4 members (excludes halogenated alkanes) is 15. The maximum absolute atomic E-state index is 4.12. The molecule has 0 radical (unpaired) electrons. The summed E-state index contributed by atoms with van der Waals surface area (Å²) in [5.41, 5.74) is 2.47. The Kier molecular flexibility index (Phi) is 19.0. The molecule has 0 aliphatic heterocycles. The van der Waals surface area contributed by atoms with Gasteiger partial charge in [-0.1, -0.05) is 145 Å². The molecule has 0 saturated carbocycles. The second-order valence-electron chi connectivity index (χ2n) is 10.6. The van der Waals surface area contributed by atoms with Gasteiger partial charge >= 0.3 is 0 Å². The highest BCUT2D eigenvalue weighted by Crippen LogP contribution is 2.38. The highest BCUT2D eigenvalue weighted by Gasteiger charge is 2.42. The van der Waals surface area contributed by atoms with Gasteiger partial charge in [-0.05, 0) is 29.6 Å². The summed E-state index contributed by atoms with van der Waals surface area (Å²) < 4.78 is 0. The summed E-state index contributed by atoms with van der Waals surface area (Å²) in [5, 5.41) is 0. The normalized spacial score (nSPS) is 12.6. The topological polar surface area (TPSA) is 12.0 Å². The Labute approximate surface area is 187 Å². The summed E-state index contributed by atoms with van der Waals surface area (Å²) >= 11 is 0. The molecule has 0 amide bonds. The van der Waals surface area contributed by atoms with E-state index < -0.39 is 8.24 Å². The van der Waals surface area contributed by atoms with Crippen molar-refractivity contribution in [3.63, 3.8) is 0 Å². The molecule has 0 atom stereocenters. The predicted molar refractivity (Wildman–Crippen MR) is 139 cm³/mol. The summed E-state index contributed by atoms with van der Waals surface area (Å²) in [6, 6.07) is 0. The van der Waals surface area contributed by atoms with Crippen LogP contribution in [-0.4, -0.2) is 14.8 Å². The first-order valence-corrected chi connectivity index (χ1v) is 15.9. The van der Waals surface area contributed by atoms with Crippen LogP contribution in [0.25, 0.3) is 0 Å². The molecule has 2 heteroatoms. The zero-order chi connectivity index (χ0) is 22.0. The van der Waals surface area contributed by atoms with Gasteiger partial charge in [0.05, 0.1) is 0 Å². The summed E-state index contributed by atoms with van der Waals surface area (Å²) in [6.45, 7) is 18.3. The Bertz CT molecular complexity index is 316. The lowest BCUT2D eigenvalue weighted by Gasteiger charge is -2.43. The number of hydrogen-bond acceptors (Lipinski definition) is 1. The van der Waals surface area contributed by atoms with Gasteiger partial charge < -0.3 is 4.98 Å². The lowest BCUT2D eigenvalue weighted by molar-refractivity contribution is 0.528. The fraction of sp³-hybridized carbons (Fsp3) is 1.00. The minimum Gasteiger partial charge on any atom is -0.336 e. The standard InChI is InChI=1S/C27H59NSi/c1-8-9-10-11-12-13-14-15-16-17-18-19-20-21-22-23-24-28-29(25(2)3,26(4)5)27(6)7/h25-28H,8-24H2,1-7H3. The molecule has 1 nitrogen and oxygen atoms in total. The van der Waals surface area contributed by atoms with Gasteiger partial charge in [0.25, 0.3) is 0 Å². The lowest BCUT2D eigenvalue weighted by atomic mass is 10.0. The Morgan fingerprint density at radius 1 is 0.448 bits per heavy atom. The molecular weight excluding hydrogens is 366 g/mol. The van der Waals surface area contributed by atoms with Crippen molar-refractivity contribution in [1.82, 2.24) is 4.98 Å². The van der Waals surface area contributed by atoms with Crippen molar-refractivity contribution in [2.45, 2.75) is 168 Å². The van der Waals surface area contributed by atoms with Gasteiger partial charge in [-0.3, -0.25) is 0 Å². The summed E-state index contributed by atoms with van der Waals surface area (Å²) in [6.07, 6.45) is 23.2. The minimum atomic E-state index is -1.39. The van der Waals surface area contributed by atoms with Crippen LogP contribution >= 0.6 is 0 Å². The van der Waals surface area contributed by atoms with Crippen molar-refractivity contribution in [2.75, 3.05) is 6.54 Å². The van der Waals surface area contributed by atoms with Crippen LogP contribution in [0.5, 0.6) is 0 Å². The van der Waals surface area contributed by atoms with Gasteiger partial charge in [0, 0.05) is 0 Å². The molecule has 0 aliphatic rings. The zero-order valence-corrected chi connectivity index (χ0v) is 22.8. The van der Waals surface area contributed by atoms with E-state index in [1.807, 2.05) is 0 Å². The second kappa shape index (κ2) is 18.9. The third-order valence-corrected chi connectivity index (χ3v) is 13.9. The Balaban J connectivity index is 3.51. The second-order valence-corrected chi connectivity index (χ2v) is 16.3. The molecular formula is C27H59NSi. The van der Waals surface area contributed by atoms with E-state index >= 15 is 0 Å².